The maximum Gasteiger partial charge on any atom is 0.222 e. The van der Waals surface area contributed by atoms with E-state index in [0.717, 1.165) is 19.4 Å². The molecule has 0 aromatic heterocycles. The fraction of sp³-hybridized carbons (Fsp3) is 0.562. The first-order valence-corrected chi connectivity index (χ1v) is 7.19. The lowest BCUT2D eigenvalue weighted by Crippen LogP contribution is -2.47. The molecule has 1 fully saturated rings. The van der Waals surface area contributed by atoms with Crippen molar-refractivity contribution in [2.24, 2.45) is 0 Å². The summed E-state index contributed by atoms with van der Waals surface area (Å²) < 4.78 is 0. The molecule has 1 aliphatic rings. The second-order valence-corrected chi connectivity index (χ2v) is 5.49. The van der Waals surface area contributed by atoms with Gasteiger partial charge >= 0.3 is 0 Å². The Balaban J connectivity index is 1.92. The maximum atomic E-state index is 11.5. The van der Waals surface area contributed by atoms with Crippen LogP contribution in [0.3, 0.4) is 0 Å². The number of carbonyl (C=O) groups is 1. The van der Waals surface area contributed by atoms with Crippen LogP contribution in [0.2, 0.25) is 0 Å². The highest BCUT2D eigenvalue weighted by atomic mass is 16.2. The van der Waals surface area contributed by atoms with Gasteiger partial charge in [-0.2, -0.15) is 0 Å². The lowest BCUT2D eigenvalue weighted by atomic mass is 10.0. The van der Waals surface area contributed by atoms with Crippen LogP contribution < -0.4 is 5.32 Å². The zero-order valence-corrected chi connectivity index (χ0v) is 12.1. The zero-order valence-electron chi connectivity index (χ0n) is 12.1. The van der Waals surface area contributed by atoms with Gasteiger partial charge in [0.25, 0.3) is 0 Å². The molecule has 1 aromatic carbocycles. The Morgan fingerprint density at radius 1 is 1.37 bits per heavy atom. The zero-order chi connectivity index (χ0) is 13.8. The summed E-state index contributed by atoms with van der Waals surface area (Å²) in [7, 11) is 1.89. The van der Waals surface area contributed by atoms with E-state index < -0.39 is 0 Å². The number of hydrogen-bond acceptors (Lipinski definition) is 2. The minimum absolute atomic E-state index is 0.262. The molecule has 2 atom stereocenters. The molecule has 0 radical (unpaired) electrons. The Bertz CT molecular complexity index is 427. The van der Waals surface area contributed by atoms with Crippen LogP contribution in [0.4, 0.5) is 0 Å². The lowest BCUT2D eigenvalue weighted by molar-refractivity contribution is -0.132. The molecule has 2 rings (SSSR count). The van der Waals surface area contributed by atoms with Gasteiger partial charge in [0.05, 0.1) is 0 Å². The number of nitrogens with one attached hydrogen (secondary N) is 1. The number of likely N-dealkylation sites (N-methyl/N-ethyl adjacent to an activating group) is 1. The van der Waals surface area contributed by atoms with E-state index in [-0.39, 0.29) is 5.91 Å². The quantitative estimate of drug-likeness (QED) is 0.902. The first-order valence-electron chi connectivity index (χ1n) is 7.19. The van der Waals surface area contributed by atoms with Crippen molar-refractivity contribution in [3.8, 4) is 0 Å². The molecule has 3 heteroatoms. The monoisotopic (exact) mass is 260 g/mol. The van der Waals surface area contributed by atoms with Crippen LogP contribution in [0.5, 0.6) is 0 Å². The molecule has 1 saturated heterocycles. The predicted molar refractivity (Wildman–Crippen MR) is 78.0 cm³/mol. The van der Waals surface area contributed by atoms with Crippen LogP contribution in [-0.4, -0.2) is 30.4 Å². The summed E-state index contributed by atoms with van der Waals surface area (Å²) in [5.74, 6) is 0.262. The van der Waals surface area contributed by atoms with E-state index >= 15 is 0 Å². The van der Waals surface area contributed by atoms with Crippen molar-refractivity contribution in [2.45, 2.75) is 45.2 Å². The van der Waals surface area contributed by atoms with Gasteiger partial charge in [0.2, 0.25) is 5.91 Å². The van der Waals surface area contributed by atoms with E-state index in [0.29, 0.717) is 18.5 Å². The average molecular weight is 260 g/mol. The molecule has 0 aliphatic carbocycles. The molecule has 0 saturated carbocycles. The molecule has 0 bridgehead atoms. The number of benzene rings is 1. The Morgan fingerprint density at radius 3 is 2.63 bits per heavy atom. The van der Waals surface area contributed by atoms with Crippen LogP contribution in [0.1, 0.15) is 43.9 Å². The van der Waals surface area contributed by atoms with Crippen molar-refractivity contribution in [1.29, 1.82) is 0 Å². The highest BCUT2D eigenvalue weighted by Gasteiger charge is 2.23. The van der Waals surface area contributed by atoms with E-state index in [4.69, 9.17) is 0 Å². The topological polar surface area (TPSA) is 32.3 Å². The average Bonchev–Trinajstić information content (AvgIpc) is 2.43. The number of likely N-dealkylation sites (tertiary alicyclic amines) is 1. The summed E-state index contributed by atoms with van der Waals surface area (Å²) in [6.45, 7) is 5.18. The molecule has 1 amide bonds. The van der Waals surface area contributed by atoms with Gasteiger partial charge in [-0.15, -0.1) is 0 Å². The first-order chi connectivity index (χ1) is 9.10. The SMILES string of the molecule is CCc1ccc(C(C)NC2CCC(=O)N(C)C2)cc1. The molecule has 1 aromatic rings. The van der Waals surface area contributed by atoms with Crippen molar-refractivity contribution in [1.82, 2.24) is 10.2 Å². The molecule has 3 nitrogen and oxygen atoms in total. The molecule has 19 heavy (non-hydrogen) atoms. The Kier molecular flexibility index (Phi) is 4.59. The van der Waals surface area contributed by atoms with Gasteiger partial charge in [-0.25, -0.2) is 0 Å². The van der Waals surface area contributed by atoms with Crippen LogP contribution in [0.25, 0.3) is 0 Å². The van der Waals surface area contributed by atoms with Crippen LogP contribution in [-0.2, 0) is 11.2 Å². The van der Waals surface area contributed by atoms with E-state index in [9.17, 15) is 4.79 Å². The molecular formula is C16H24N2O. The molecule has 1 N–H and O–H groups in total. The highest BCUT2D eigenvalue weighted by Crippen LogP contribution is 2.17. The van der Waals surface area contributed by atoms with Crippen molar-refractivity contribution < 1.29 is 4.79 Å². The normalized spacial score (nSPS) is 21.5. The van der Waals surface area contributed by atoms with E-state index in [1.165, 1.54) is 11.1 Å². The van der Waals surface area contributed by atoms with E-state index in [2.05, 4.69) is 43.4 Å². The van der Waals surface area contributed by atoms with E-state index in [1.54, 1.807) is 0 Å². The minimum atomic E-state index is 0.262. The summed E-state index contributed by atoms with van der Waals surface area (Å²) in [5.41, 5.74) is 2.69. The summed E-state index contributed by atoms with van der Waals surface area (Å²) in [5, 5.41) is 3.63. The van der Waals surface area contributed by atoms with Crippen LogP contribution in [0, 0.1) is 0 Å². The molecule has 0 spiro atoms. The van der Waals surface area contributed by atoms with Crippen molar-refractivity contribution in [3.63, 3.8) is 0 Å². The number of amides is 1. The molecule has 104 valence electrons. The summed E-state index contributed by atoms with van der Waals surface area (Å²) in [6.07, 6.45) is 2.69. The summed E-state index contributed by atoms with van der Waals surface area (Å²) >= 11 is 0. The third-order valence-corrected chi connectivity index (χ3v) is 4.00. The van der Waals surface area contributed by atoms with Gasteiger partial charge in [-0.3, -0.25) is 4.79 Å². The second-order valence-electron chi connectivity index (χ2n) is 5.49. The Labute approximate surface area is 116 Å². The number of carbonyl (C=O) groups excluding carboxylic acids is 1. The van der Waals surface area contributed by atoms with E-state index in [1.807, 2.05) is 11.9 Å². The van der Waals surface area contributed by atoms with Crippen molar-refractivity contribution in [3.05, 3.63) is 35.4 Å². The van der Waals surface area contributed by atoms with Crippen molar-refractivity contribution in [2.75, 3.05) is 13.6 Å². The fourth-order valence-corrected chi connectivity index (χ4v) is 2.64. The molecule has 2 unspecified atom stereocenters. The molecule has 1 heterocycles. The second kappa shape index (κ2) is 6.20. The predicted octanol–water partition coefficient (Wildman–Crippen LogP) is 2.52. The molecule has 1 aliphatic heterocycles. The first kappa shape index (κ1) is 14.1. The van der Waals surface area contributed by atoms with Gasteiger partial charge in [0.15, 0.2) is 0 Å². The molecular weight excluding hydrogens is 236 g/mol. The lowest BCUT2D eigenvalue weighted by Gasteiger charge is -2.32. The third-order valence-electron chi connectivity index (χ3n) is 4.00. The number of rotatable bonds is 4. The summed E-state index contributed by atoms with van der Waals surface area (Å²) in [6, 6.07) is 9.54. The highest BCUT2D eigenvalue weighted by molar-refractivity contribution is 5.76. The van der Waals surface area contributed by atoms with Crippen LogP contribution >= 0.6 is 0 Å². The Hall–Kier alpha value is -1.35. The maximum absolute atomic E-state index is 11.5. The summed E-state index contributed by atoms with van der Waals surface area (Å²) in [4.78, 5) is 13.3. The largest absolute Gasteiger partial charge is 0.344 e. The number of hydrogen-bond donors (Lipinski definition) is 1. The number of piperidine rings is 1. The minimum Gasteiger partial charge on any atom is -0.344 e. The van der Waals surface area contributed by atoms with Gasteiger partial charge < -0.3 is 10.2 Å². The number of aryl methyl sites for hydroxylation is 1. The van der Waals surface area contributed by atoms with Gasteiger partial charge in [0.1, 0.15) is 0 Å². The standard InChI is InChI=1S/C16H24N2O/c1-4-13-5-7-14(8-6-13)12(2)17-15-9-10-16(19)18(3)11-15/h5-8,12,15,17H,4,9-11H2,1-3H3. The van der Waals surface area contributed by atoms with Gasteiger partial charge in [-0.1, -0.05) is 31.2 Å². The smallest absolute Gasteiger partial charge is 0.222 e. The number of nitrogens with zero attached hydrogens (tertiary/aromatic N) is 1. The van der Waals surface area contributed by atoms with Gasteiger partial charge in [-0.05, 0) is 30.9 Å². The fourth-order valence-electron chi connectivity index (χ4n) is 2.64. The van der Waals surface area contributed by atoms with Crippen LogP contribution in [0.15, 0.2) is 24.3 Å². The van der Waals surface area contributed by atoms with Gasteiger partial charge in [0, 0.05) is 32.1 Å². The third kappa shape index (κ3) is 3.57. The Morgan fingerprint density at radius 2 is 2.05 bits per heavy atom. The van der Waals surface area contributed by atoms with Crippen molar-refractivity contribution >= 4 is 5.91 Å².